The third-order valence-corrected chi connectivity index (χ3v) is 5.04. The van der Waals surface area contributed by atoms with Crippen molar-refractivity contribution in [1.29, 1.82) is 0 Å². The van der Waals surface area contributed by atoms with Gasteiger partial charge in [-0.05, 0) is 0 Å². The molecule has 12 nitrogen and oxygen atoms in total. The minimum Gasteiger partial charge on any atom is -0.756 e. The quantitative estimate of drug-likeness (QED) is 0.360. The molecule has 2 aromatic heterocycles. The molecule has 2 aromatic rings. The standard InChI is InChI=1S/C11H14N5O7P.Na/c1-15-9(18)5-8(14-11(15)12)16(3-13-5)10-6(17)7-4(22-10)2-21-24(19,20)23-7;/h3-4,6-7,10,17H,2H2,1H3,(H2,12,14)(H,19,20);/q;+1/p-1/t4-,6-,7-,10-;/m1./s1. The summed E-state index contributed by atoms with van der Waals surface area (Å²) in [5.41, 5.74) is 5.39. The first kappa shape index (κ1) is 19.0. The van der Waals surface area contributed by atoms with Crippen LogP contribution in [0.2, 0.25) is 0 Å². The molecule has 2 fully saturated rings. The normalized spacial score (nSPS) is 34.7. The summed E-state index contributed by atoms with van der Waals surface area (Å²) in [6.45, 7) is -0.275. The summed E-state index contributed by atoms with van der Waals surface area (Å²) in [6.07, 6.45) is -3.02. The Kier molecular flexibility index (Phi) is 4.86. The summed E-state index contributed by atoms with van der Waals surface area (Å²) in [7, 11) is -3.02. The number of phosphoric acid groups is 1. The van der Waals surface area contributed by atoms with Crippen LogP contribution in [0.15, 0.2) is 11.1 Å². The van der Waals surface area contributed by atoms with E-state index in [4.69, 9.17) is 15.0 Å². The number of aromatic nitrogens is 4. The maximum atomic E-state index is 12.1. The van der Waals surface area contributed by atoms with Crippen LogP contribution in [0.4, 0.5) is 5.95 Å². The second-order valence-corrected chi connectivity index (χ2v) is 6.89. The molecule has 4 rings (SSSR count). The molecule has 2 aliphatic heterocycles. The van der Waals surface area contributed by atoms with E-state index in [0.29, 0.717) is 0 Å². The number of ether oxygens (including phenoxy) is 1. The summed E-state index contributed by atoms with van der Waals surface area (Å²) in [5, 5.41) is 10.4. The number of imidazole rings is 1. The Labute approximate surface area is 162 Å². The molecule has 0 radical (unpaired) electrons. The summed E-state index contributed by atoms with van der Waals surface area (Å²) in [4.78, 5) is 31.6. The fourth-order valence-corrected chi connectivity index (χ4v) is 3.76. The van der Waals surface area contributed by atoms with Gasteiger partial charge in [0.15, 0.2) is 17.4 Å². The average molecular weight is 381 g/mol. The van der Waals surface area contributed by atoms with Gasteiger partial charge in [-0.15, -0.1) is 0 Å². The van der Waals surface area contributed by atoms with E-state index < -0.39 is 37.9 Å². The molecule has 130 valence electrons. The van der Waals surface area contributed by atoms with Gasteiger partial charge in [-0.3, -0.25) is 18.5 Å². The van der Waals surface area contributed by atoms with E-state index in [0.717, 1.165) is 4.57 Å². The van der Waals surface area contributed by atoms with Crippen LogP contribution in [0.1, 0.15) is 6.23 Å². The van der Waals surface area contributed by atoms with E-state index in [1.807, 2.05) is 0 Å². The van der Waals surface area contributed by atoms with Crippen molar-refractivity contribution >= 4 is 24.9 Å². The number of anilines is 1. The van der Waals surface area contributed by atoms with Gasteiger partial charge in [-0.2, -0.15) is 4.98 Å². The molecule has 4 heterocycles. The number of rotatable bonds is 1. The molecule has 0 aromatic carbocycles. The van der Waals surface area contributed by atoms with Crippen LogP contribution in [0.5, 0.6) is 0 Å². The molecule has 0 saturated carbocycles. The first-order valence-electron chi connectivity index (χ1n) is 6.95. The van der Waals surface area contributed by atoms with Crippen LogP contribution in [-0.4, -0.2) is 49.1 Å². The van der Waals surface area contributed by atoms with Gasteiger partial charge < -0.3 is 29.5 Å². The van der Waals surface area contributed by atoms with Crippen LogP contribution < -0.4 is 45.7 Å². The number of nitrogens with zero attached hydrogens (tertiary/aromatic N) is 4. The molecule has 0 spiro atoms. The zero-order valence-electron chi connectivity index (χ0n) is 13.3. The molecule has 0 bridgehead atoms. The van der Waals surface area contributed by atoms with Crippen molar-refractivity contribution in [1.82, 2.24) is 19.1 Å². The van der Waals surface area contributed by atoms with E-state index in [1.165, 1.54) is 17.9 Å². The van der Waals surface area contributed by atoms with Crippen LogP contribution in [0.3, 0.4) is 0 Å². The van der Waals surface area contributed by atoms with Crippen molar-refractivity contribution in [3.63, 3.8) is 0 Å². The summed E-state index contributed by atoms with van der Waals surface area (Å²) in [6, 6.07) is 0. The van der Waals surface area contributed by atoms with Crippen molar-refractivity contribution in [2.24, 2.45) is 7.05 Å². The van der Waals surface area contributed by atoms with Crippen molar-refractivity contribution in [3.8, 4) is 0 Å². The van der Waals surface area contributed by atoms with Crippen LogP contribution in [0.25, 0.3) is 11.2 Å². The maximum absolute atomic E-state index is 12.1. The SMILES string of the molecule is Cn1c(N)nc2c(ncn2[C@@H]2O[C@@H]3COP(=O)([O-])O[C@H]3[C@H]2O)c1=O.[Na+]. The van der Waals surface area contributed by atoms with Gasteiger partial charge in [0.1, 0.15) is 18.3 Å². The predicted molar refractivity (Wildman–Crippen MR) is 75.5 cm³/mol. The van der Waals surface area contributed by atoms with Gasteiger partial charge in [0.2, 0.25) is 5.95 Å². The number of hydrogen-bond donors (Lipinski definition) is 2. The predicted octanol–water partition coefficient (Wildman–Crippen LogP) is -5.14. The molecule has 2 saturated heterocycles. The van der Waals surface area contributed by atoms with Crippen LogP contribution in [-0.2, 0) is 25.4 Å². The van der Waals surface area contributed by atoms with Crippen molar-refractivity contribution < 1.29 is 57.9 Å². The number of aliphatic hydroxyl groups is 1. The van der Waals surface area contributed by atoms with E-state index >= 15 is 0 Å². The number of nitrogen functional groups attached to an aromatic ring is 1. The molecule has 25 heavy (non-hydrogen) atoms. The number of nitrogens with two attached hydrogens (primary N) is 1. The van der Waals surface area contributed by atoms with Crippen molar-refractivity contribution in [2.45, 2.75) is 24.5 Å². The van der Waals surface area contributed by atoms with E-state index in [1.54, 1.807) is 0 Å². The Hall–Kier alpha value is -0.820. The van der Waals surface area contributed by atoms with Gasteiger partial charge in [-0.1, -0.05) is 0 Å². The largest absolute Gasteiger partial charge is 1.00 e. The third-order valence-electron chi connectivity index (χ3n) is 4.07. The van der Waals surface area contributed by atoms with Gasteiger partial charge in [0.25, 0.3) is 13.4 Å². The average Bonchev–Trinajstić information content (AvgIpc) is 3.06. The van der Waals surface area contributed by atoms with E-state index in [-0.39, 0.29) is 53.3 Å². The second-order valence-electron chi connectivity index (χ2n) is 5.53. The summed E-state index contributed by atoms with van der Waals surface area (Å²) >= 11 is 0. The Morgan fingerprint density at radius 1 is 1.52 bits per heavy atom. The number of hydrogen-bond acceptors (Lipinski definition) is 10. The Balaban J connectivity index is 0.00000182. The number of phosphoric ester groups is 1. The Morgan fingerprint density at radius 2 is 2.24 bits per heavy atom. The van der Waals surface area contributed by atoms with Gasteiger partial charge >= 0.3 is 29.6 Å². The van der Waals surface area contributed by atoms with Crippen molar-refractivity contribution in [3.05, 3.63) is 16.7 Å². The molecule has 5 atom stereocenters. The van der Waals surface area contributed by atoms with Gasteiger partial charge in [0, 0.05) is 7.05 Å². The molecular formula is C11H13N5NaO7P. The molecule has 0 amide bonds. The number of aliphatic hydroxyl groups excluding tert-OH is 1. The van der Waals surface area contributed by atoms with E-state index in [2.05, 4.69) is 14.5 Å². The van der Waals surface area contributed by atoms with Crippen LogP contribution in [0, 0.1) is 0 Å². The molecule has 2 aliphatic rings. The summed E-state index contributed by atoms with van der Waals surface area (Å²) in [5.74, 6) is -0.0391. The van der Waals surface area contributed by atoms with Crippen molar-refractivity contribution in [2.75, 3.05) is 12.3 Å². The van der Waals surface area contributed by atoms with Gasteiger partial charge in [0.05, 0.1) is 12.9 Å². The first-order chi connectivity index (χ1) is 11.3. The minimum absolute atomic E-state index is 0. The molecule has 14 heteroatoms. The fraction of sp³-hybridized carbons (Fsp3) is 0.545. The minimum atomic E-state index is -4.47. The molecule has 0 aliphatic carbocycles. The van der Waals surface area contributed by atoms with Gasteiger partial charge in [-0.25, -0.2) is 4.98 Å². The molecular weight excluding hydrogens is 368 g/mol. The molecule has 3 N–H and O–H groups in total. The Morgan fingerprint density at radius 3 is 2.96 bits per heavy atom. The zero-order chi connectivity index (χ0) is 17.2. The van der Waals surface area contributed by atoms with E-state index in [9.17, 15) is 19.4 Å². The summed E-state index contributed by atoms with van der Waals surface area (Å²) < 4.78 is 28.8. The Bertz CT molecular complexity index is 931. The first-order valence-corrected chi connectivity index (χ1v) is 8.41. The number of fused-ring (bicyclic) bond motifs is 2. The zero-order valence-corrected chi connectivity index (χ0v) is 16.2. The third kappa shape index (κ3) is 2.97. The smallest absolute Gasteiger partial charge is 0.756 e. The fourth-order valence-electron chi connectivity index (χ4n) is 2.81. The monoisotopic (exact) mass is 381 g/mol. The molecule has 1 unspecified atom stereocenters. The topological polar surface area (TPSA) is 167 Å². The maximum Gasteiger partial charge on any atom is 1.00 e. The van der Waals surface area contributed by atoms with Crippen LogP contribution >= 0.6 is 7.82 Å². The second kappa shape index (κ2) is 6.41.